The molecule has 1 saturated heterocycles. The molecule has 2 aromatic rings. The van der Waals surface area contributed by atoms with E-state index in [2.05, 4.69) is 24.2 Å². The van der Waals surface area contributed by atoms with Gasteiger partial charge in [-0.1, -0.05) is 6.07 Å². The number of allylic oxidation sites excluding steroid dienone is 1. The van der Waals surface area contributed by atoms with Crippen LogP contribution in [0, 0.1) is 11.3 Å². The van der Waals surface area contributed by atoms with Gasteiger partial charge in [-0.05, 0) is 18.2 Å². The summed E-state index contributed by atoms with van der Waals surface area (Å²) in [5, 5.41) is 12.6. The van der Waals surface area contributed by atoms with Crippen molar-refractivity contribution in [3.8, 4) is 0 Å². The number of quaternary nitrogens is 1. The van der Waals surface area contributed by atoms with E-state index in [0.717, 1.165) is 47.3 Å². The molecule has 3 N–H and O–H groups in total. The van der Waals surface area contributed by atoms with Crippen LogP contribution < -0.4 is 5.73 Å². The number of piperidine rings is 1. The average molecular weight is 350 g/mol. The van der Waals surface area contributed by atoms with Crippen molar-refractivity contribution in [2.75, 3.05) is 27.2 Å². The highest BCUT2D eigenvalue weighted by molar-refractivity contribution is 6.50. The van der Waals surface area contributed by atoms with Crippen molar-refractivity contribution in [1.82, 2.24) is 9.61 Å². The minimum atomic E-state index is 0.298. The molecule has 0 atom stereocenters. The Morgan fingerprint density at radius 3 is 2.81 bits per heavy atom. The number of dihydropyridines is 1. The van der Waals surface area contributed by atoms with E-state index >= 15 is 0 Å². The number of hydrogen-bond donors (Lipinski definition) is 2. The summed E-state index contributed by atoms with van der Waals surface area (Å²) in [5.74, 6) is 0.779. The summed E-state index contributed by atoms with van der Waals surface area (Å²) in [4.78, 5) is 9.35. The molecule has 7 heteroatoms. The summed E-state index contributed by atoms with van der Waals surface area (Å²) >= 11 is 0. The number of pyridine rings is 1. The zero-order chi connectivity index (χ0) is 18.3. The van der Waals surface area contributed by atoms with E-state index in [1.165, 1.54) is 0 Å². The van der Waals surface area contributed by atoms with Gasteiger partial charge in [0.25, 0.3) is 0 Å². The van der Waals surface area contributed by atoms with Gasteiger partial charge in [0.2, 0.25) is 0 Å². The van der Waals surface area contributed by atoms with Gasteiger partial charge in [0, 0.05) is 25.0 Å². The van der Waals surface area contributed by atoms with Crippen LogP contribution in [0.4, 0.5) is 5.69 Å². The number of rotatable bonds is 2. The molecule has 26 heavy (non-hydrogen) atoms. The average Bonchev–Trinajstić information content (AvgIpc) is 3.01. The maximum atomic E-state index is 8.32. The van der Waals surface area contributed by atoms with E-state index in [0.29, 0.717) is 23.2 Å². The number of nitrogens with zero attached hydrogens (tertiary/aromatic N) is 5. The number of amidine groups is 1. The third-order valence-corrected chi connectivity index (χ3v) is 5.25. The van der Waals surface area contributed by atoms with E-state index in [9.17, 15) is 0 Å². The minimum absolute atomic E-state index is 0.298. The summed E-state index contributed by atoms with van der Waals surface area (Å²) in [6.45, 7) is 2.19. The lowest BCUT2D eigenvalue weighted by Gasteiger charge is -2.37. The van der Waals surface area contributed by atoms with Crippen molar-refractivity contribution in [3.63, 3.8) is 0 Å². The second kappa shape index (κ2) is 6.17. The zero-order valence-electron chi connectivity index (χ0n) is 15.2. The van der Waals surface area contributed by atoms with Crippen molar-refractivity contribution >= 4 is 28.5 Å². The van der Waals surface area contributed by atoms with Crippen LogP contribution in [0.2, 0.25) is 0 Å². The van der Waals surface area contributed by atoms with E-state index in [1.807, 2.05) is 24.4 Å². The number of fused-ring (bicyclic) bond motifs is 1. The summed E-state index contributed by atoms with van der Waals surface area (Å²) in [7, 11) is 4.50. The molecule has 0 aliphatic carbocycles. The number of likely N-dealkylation sites (tertiary alicyclic amines) is 1. The first-order chi connectivity index (χ1) is 12.4. The molecule has 2 aliphatic rings. The van der Waals surface area contributed by atoms with Crippen molar-refractivity contribution in [2.24, 2.45) is 21.6 Å². The minimum Gasteiger partial charge on any atom is -0.396 e. The third kappa shape index (κ3) is 3.06. The Bertz CT molecular complexity index is 951. The van der Waals surface area contributed by atoms with Gasteiger partial charge in [-0.25, -0.2) is 14.5 Å². The molecule has 7 nitrogen and oxygen atoms in total. The number of nitrogens with two attached hydrogens (primary N) is 1. The second-order valence-corrected chi connectivity index (χ2v) is 7.66. The Hall–Kier alpha value is -2.80. The van der Waals surface area contributed by atoms with Crippen LogP contribution in [0.15, 0.2) is 52.4 Å². The fraction of sp³-hybridized carbons (Fsp3) is 0.368. The highest BCUT2D eigenvalue weighted by atomic mass is 15.3. The first-order valence-electron chi connectivity index (χ1n) is 8.91. The van der Waals surface area contributed by atoms with Crippen molar-refractivity contribution in [1.29, 1.82) is 5.41 Å². The molecular weight excluding hydrogens is 326 g/mol. The van der Waals surface area contributed by atoms with E-state index in [1.54, 1.807) is 16.8 Å². The fourth-order valence-corrected chi connectivity index (χ4v) is 3.60. The molecule has 4 rings (SSSR count). The van der Waals surface area contributed by atoms with Crippen LogP contribution in [0.5, 0.6) is 0 Å². The van der Waals surface area contributed by atoms with Crippen LogP contribution in [0.3, 0.4) is 0 Å². The first kappa shape index (κ1) is 16.7. The molecule has 0 radical (unpaired) electrons. The molecule has 134 valence electrons. The molecule has 4 heterocycles. The SMILES string of the molecule is C[N+]1(C)CCC(C2=NC(=Nc3cnn4ccccc34)C(N)=CC2=N)CC1. The smallest absolute Gasteiger partial charge is 0.176 e. The molecule has 0 aromatic carbocycles. The first-order valence-corrected chi connectivity index (χ1v) is 8.91. The highest BCUT2D eigenvalue weighted by Gasteiger charge is 2.32. The molecule has 0 amide bonds. The normalized spacial score (nSPS) is 22.5. The van der Waals surface area contributed by atoms with Crippen LogP contribution in [0.1, 0.15) is 12.8 Å². The topological polar surface area (TPSA) is 91.9 Å². The molecular formula is C19H24N7+. The van der Waals surface area contributed by atoms with Gasteiger partial charge in [-0.15, -0.1) is 0 Å². The molecule has 0 spiro atoms. The standard InChI is InChI=1S/C19H24N7/c1-26(2)9-6-13(7-10-26)18-14(20)11-15(21)19(24-18)23-16-12-22-25-8-4-3-5-17(16)25/h3-5,8,11-13,20H,6-7,9-10,21H2,1-2H3/q+1. The summed E-state index contributed by atoms with van der Waals surface area (Å²) < 4.78 is 2.80. The van der Waals surface area contributed by atoms with Crippen LogP contribution in [-0.2, 0) is 0 Å². The van der Waals surface area contributed by atoms with Crippen molar-refractivity contribution in [3.05, 3.63) is 42.4 Å². The van der Waals surface area contributed by atoms with Crippen molar-refractivity contribution < 1.29 is 4.48 Å². The van der Waals surface area contributed by atoms with E-state index in [4.69, 9.17) is 16.1 Å². The Balaban J connectivity index is 1.68. The molecule has 0 bridgehead atoms. The molecule has 0 saturated carbocycles. The van der Waals surface area contributed by atoms with Crippen LogP contribution in [-0.4, -0.2) is 58.5 Å². The van der Waals surface area contributed by atoms with Gasteiger partial charge in [-0.2, -0.15) is 5.10 Å². The van der Waals surface area contributed by atoms with Gasteiger partial charge in [-0.3, -0.25) is 5.41 Å². The predicted molar refractivity (Wildman–Crippen MR) is 104 cm³/mol. The Kier molecular flexibility index (Phi) is 3.96. The quantitative estimate of drug-likeness (QED) is 0.813. The van der Waals surface area contributed by atoms with Gasteiger partial charge < -0.3 is 10.2 Å². The van der Waals surface area contributed by atoms with Crippen LogP contribution in [0.25, 0.3) is 5.52 Å². The summed E-state index contributed by atoms with van der Waals surface area (Å²) in [5.41, 5.74) is 9.41. The Morgan fingerprint density at radius 2 is 2.04 bits per heavy atom. The van der Waals surface area contributed by atoms with Gasteiger partial charge in [0.15, 0.2) is 5.84 Å². The highest BCUT2D eigenvalue weighted by Crippen LogP contribution is 2.26. The monoisotopic (exact) mass is 350 g/mol. The van der Waals surface area contributed by atoms with Gasteiger partial charge in [0.05, 0.1) is 56.0 Å². The summed E-state index contributed by atoms with van der Waals surface area (Å²) in [6, 6.07) is 5.84. The van der Waals surface area contributed by atoms with Gasteiger partial charge in [0.1, 0.15) is 5.69 Å². The maximum Gasteiger partial charge on any atom is 0.176 e. The molecule has 2 aromatic heterocycles. The number of nitrogens with one attached hydrogen (secondary N) is 1. The lowest BCUT2D eigenvalue weighted by atomic mass is 9.87. The van der Waals surface area contributed by atoms with Crippen LogP contribution >= 0.6 is 0 Å². The third-order valence-electron chi connectivity index (χ3n) is 5.25. The maximum absolute atomic E-state index is 8.32. The molecule has 1 fully saturated rings. The number of aliphatic imine (C=N–C) groups is 2. The lowest BCUT2D eigenvalue weighted by molar-refractivity contribution is -0.895. The Labute approximate surface area is 152 Å². The van der Waals surface area contributed by atoms with E-state index < -0.39 is 0 Å². The summed E-state index contributed by atoms with van der Waals surface area (Å²) in [6.07, 6.45) is 7.34. The Morgan fingerprint density at radius 1 is 1.27 bits per heavy atom. The lowest BCUT2D eigenvalue weighted by Crippen LogP contribution is -2.48. The molecule has 0 unspecified atom stereocenters. The van der Waals surface area contributed by atoms with Crippen molar-refractivity contribution in [2.45, 2.75) is 12.8 Å². The predicted octanol–water partition coefficient (Wildman–Crippen LogP) is 2.17. The van der Waals surface area contributed by atoms with Gasteiger partial charge >= 0.3 is 0 Å². The second-order valence-electron chi connectivity index (χ2n) is 7.66. The van der Waals surface area contributed by atoms with E-state index in [-0.39, 0.29) is 0 Å². The largest absolute Gasteiger partial charge is 0.396 e. The zero-order valence-corrected chi connectivity index (χ0v) is 15.2. The number of hydrogen-bond acceptors (Lipinski definition) is 4. The number of aromatic nitrogens is 2. The molecule has 2 aliphatic heterocycles. The fourth-order valence-electron chi connectivity index (χ4n) is 3.60.